The SMILES string of the molecule is COCCN1C(=O)c2ccccc2NC1(C)c1ccccc1. The molecule has 1 unspecified atom stereocenters. The third-order valence-electron chi connectivity index (χ3n) is 4.18. The lowest BCUT2D eigenvalue weighted by molar-refractivity contribution is 0.0438. The first-order chi connectivity index (χ1) is 10.7. The fourth-order valence-corrected chi connectivity index (χ4v) is 2.96. The zero-order valence-electron chi connectivity index (χ0n) is 12.9. The molecule has 1 atom stereocenters. The average Bonchev–Trinajstić information content (AvgIpc) is 2.55. The highest BCUT2D eigenvalue weighted by Gasteiger charge is 2.41. The molecular formula is C18H20N2O2. The van der Waals surface area contributed by atoms with Crippen LogP contribution >= 0.6 is 0 Å². The Morgan fingerprint density at radius 3 is 2.50 bits per heavy atom. The van der Waals surface area contributed by atoms with E-state index in [4.69, 9.17) is 4.74 Å². The number of hydrogen-bond donors (Lipinski definition) is 1. The first kappa shape index (κ1) is 14.6. The van der Waals surface area contributed by atoms with Crippen LogP contribution in [0.4, 0.5) is 5.69 Å². The molecule has 1 heterocycles. The number of benzene rings is 2. The Balaban J connectivity index is 2.08. The lowest BCUT2D eigenvalue weighted by Crippen LogP contribution is -2.56. The number of para-hydroxylation sites is 1. The van der Waals surface area contributed by atoms with Gasteiger partial charge in [0.2, 0.25) is 0 Å². The van der Waals surface area contributed by atoms with E-state index in [2.05, 4.69) is 5.32 Å². The maximum atomic E-state index is 12.9. The van der Waals surface area contributed by atoms with E-state index in [0.29, 0.717) is 18.7 Å². The van der Waals surface area contributed by atoms with Crippen molar-refractivity contribution >= 4 is 11.6 Å². The first-order valence-electron chi connectivity index (χ1n) is 7.40. The second-order valence-corrected chi connectivity index (χ2v) is 5.56. The van der Waals surface area contributed by atoms with Gasteiger partial charge in [0.25, 0.3) is 5.91 Å². The molecule has 22 heavy (non-hydrogen) atoms. The molecule has 4 nitrogen and oxygen atoms in total. The van der Waals surface area contributed by atoms with Crippen molar-refractivity contribution in [2.45, 2.75) is 12.6 Å². The van der Waals surface area contributed by atoms with Crippen molar-refractivity contribution in [1.82, 2.24) is 4.90 Å². The van der Waals surface area contributed by atoms with Crippen molar-refractivity contribution in [2.75, 3.05) is 25.6 Å². The summed E-state index contributed by atoms with van der Waals surface area (Å²) < 4.78 is 5.19. The third-order valence-corrected chi connectivity index (χ3v) is 4.18. The van der Waals surface area contributed by atoms with Gasteiger partial charge in [0.1, 0.15) is 5.66 Å². The van der Waals surface area contributed by atoms with E-state index in [0.717, 1.165) is 11.3 Å². The number of anilines is 1. The molecule has 0 aromatic heterocycles. The molecule has 1 amide bonds. The Morgan fingerprint density at radius 1 is 1.09 bits per heavy atom. The van der Waals surface area contributed by atoms with Crippen LogP contribution in [0.15, 0.2) is 54.6 Å². The largest absolute Gasteiger partial charge is 0.383 e. The number of hydrogen-bond acceptors (Lipinski definition) is 3. The molecule has 1 aliphatic heterocycles. The Hall–Kier alpha value is -2.33. The van der Waals surface area contributed by atoms with E-state index < -0.39 is 5.66 Å². The topological polar surface area (TPSA) is 41.6 Å². The highest BCUT2D eigenvalue weighted by atomic mass is 16.5. The van der Waals surface area contributed by atoms with E-state index in [9.17, 15) is 4.79 Å². The van der Waals surface area contributed by atoms with Crippen LogP contribution in [0.2, 0.25) is 0 Å². The van der Waals surface area contributed by atoms with Gasteiger partial charge in [-0.1, -0.05) is 42.5 Å². The zero-order valence-corrected chi connectivity index (χ0v) is 12.9. The number of carbonyl (C=O) groups excluding carboxylic acids is 1. The Labute approximate surface area is 130 Å². The third kappa shape index (κ3) is 2.35. The highest BCUT2D eigenvalue weighted by molar-refractivity contribution is 6.02. The molecule has 1 N–H and O–H groups in total. The Morgan fingerprint density at radius 2 is 1.77 bits per heavy atom. The molecule has 0 fully saturated rings. The van der Waals surface area contributed by atoms with Crippen molar-refractivity contribution in [3.05, 3.63) is 65.7 Å². The van der Waals surface area contributed by atoms with Crippen LogP contribution < -0.4 is 5.32 Å². The average molecular weight is 296 g/mol. The van der Waals surface area contributed by atoms with Gasteiger partial charge in [0.15, 0.2) is 0 Å². The van der Waals surface area contributed by atoms with Crippen LogP contribution in [0.1, 0.15) is 22.8 Å². The molecule has 1 aliphatic rings. The van der Waals surface area contributed by atoms with Crippen molar-refractivity contribution in [3.8, 4) is 0 Å². The van der Waals surface area contributed by atoms with E-state index in [1.54, 1.807) is 7.11 Å². The summed E-state index contributed by atoms with van der Waals surface area (Å²) in [5.41, 5.74) is 2.03. The molecule has 0 saturated heterocycles. The summed E-state index contributed by atoms with van der Waals surface area (Å²) in [6.07, 6.45) is 0. The van der Waals surface area contributed by atoms with Gasteiger partial charge >= 0.3 is 0 Å². The van der Waals surface area contributed by atoms with Crippen LogP contribution in [0.5, 0.6) is 0 Å². The number of rotatable bonds is 4. The molecule has 0 bridgehead atoms. The lowest BCUT2D eigenvalue weighted by atomic mass is 9.93. The molecular weight excluding hydrogens is 276 g/mol. The smallest absolute Gasteiger partial charge is 0.258 e. The monoisotopic (exact) mass is 296 g/mol. The van der Waals surface area contributed by atoms with Gasteiger partial charge in [-0.2, -0.15) is 0 Å². The van der Waals surface area contributed by atoms with Gasteiger partial charge in [-0.15, -0.1) is 0 Å². The van der Waals surface area contributed by atoms with Gasteiger partial charge < -0.3 is 15.0 Å². The fourth-order valence-electron chi connectivity index (χ4n) is 2.96. The van der Waals surface area contributed by atoms with Crippen LogP contribution in [-0.4, -0.2) is 31.1 Å². The van der Waals surface area contributed by atoms with Crippen molar-refractivity contribution in [2.24, 2.45) is 0 Å². The minimum absolute atomic E-state index is 0.0257. The highest BCUT2D eigenvalue weighted by Crippen LogP contribution is 2.37. The van der Waals surface area contributed by atoms with Crippen molar-refractivity contribution in [3.63, 3.8) is 0 Å². The molecule has 0 spiro atoms. The van der Waals surface area contributed by atoms with Crippen LogP contribution in [0.25, 0.3) is 0 Å². The summed E-state index contributed by atoms with van der Waals surface area (Å²) in [6.45, 7) is 3.06. The number of nitrogens with one attached hydrogen (secondary N) is 1. The summed E-state index contributed by atoms with van der Waals surface area (Å²) in [5.74, 6) is 0.0257. The predicted molar refractivity (Wildman–Crippen MR) is 86.8 cm³/mol. The summed E-state index contributed by atoms with van der Waals surface area (Å²) in [6, 6.07) is 17.7. The Kier molecular flexibility index (Phi) is 3.86. The first-order valence-corrected chi connectivity index (χ1v) is 7.40. The molecule has 0 aliphatic carbocycles. The van der Waals surface area contributed by atoms with Gasteiger partial charge in [0, 0.05) is 19.3 Å². The van der Waals surface area contributed by atoms with Crippen LogP contribution in [-0.2, 0) is 10.4 Å². The van der Waals surface area contributed by atoms with Gasteiger partial charge in [0.05, 0.1) is 12.2 Å². The zero-order chi connectivity index (χ0) is 15.6. The standard InChI is InChI=1S/C18H20N2O2/c1-18(14-8-4-3-5-9-14)19-16-11-7-6-10-15(16)17(21)20(18)12-13-22-2/h3-11,19H,12-13H2,1-2H3. The second-order valence-electron chi connectivity index (χ2n) is 5.56. The van der Waals surface area contributed by atoms with Gasteiger partial charge in [-0.05, 0) is 24.6 Å². The van der Waals surface area contributed by atoms with E-state index in [1.165, 1.54) is 0 Å². The number of nitrogens with zero attached hydrogens (tertiary/aromatic N) is 1. The molecule has 2 aromatic carbocycles. The summed E-state index contributed by atoms with van der Waals surface area (Å²) in [5, 5.41) is 3.53. The molecule has 2 aromatic rings. The quantitative estimate of drug-likeness (QED) is 0.942. The van der Waals surface area contributed by atoms with E-state index in [-0.39, 0.29) is 5.91 Å². The fraction of sp³-hybridized carbons (Fsp3) is 0.278. The maximum Gasteiger partial charge on any atom is 0.258 e. The maximum absolute atomic E-state index is 12.9. The predicted octanol–water partition coefficient (Wildman–Crippen LogP) is 3.07. The van der Waals surface area contributed by atoms with E-state index >= 15 is 0 Å². The number of amides is 1. The second kappa shape index (κ2) is 5.81. The van der Waals surface area contributed by atoms with Gasteiger partial charge in [-0.25, -0.2) is 0 Å². The Bertz CT molecular complexity index is 672. The minimum atomic E-state index is -0.592. The van der Waals surface area contributed by atoms with Crippen LogP contribution in [0, 0.1) is 0 Å². The molecule has 0 radical (unpaired) electrons. The molecule has 114 valence electrons. The number of methoxy groups -OCH3 is 1. The lowest BCUT2D eigenvalue weighted by Gasteiger charge is -2.46. The molecule has 3 rings (SSSR count). The molecule has 4 heteroatoms. The van der Waals surface area contributed by atoms with Gasteiger partial charge in [-0.3, -0.25) is 4.79 Å². The summed E-state index contributed by atoms with van der Waals surface area (Å²) >= 11 is 0. The van der Waals surface area contributed by atoms with Crippen LogP contribution in [0.3, 0.4) is 0 Å². The number of fused-ring (bicyclic) bond motifs is 1. The number of carbonyl (C=O) groups is 1. The minimum Gasteiger partial charge on any atom is -0.383 e. The summed E-state index contributed by atoms with van der Waals surface area (Å²) in [7, 11) is 1.65. The normalized spacial score (nSPS) is 20.5. The van der Waals surface area contributed by atoms with Crippen molar-refractivity contribution in [1.29, 1.82) is 0 Å². The van der Waals surface area contributed by atoms with Crippen molar-refractivity contribution < 1.29 is 9.53 Å². The summed E-state index contributed by atoms with van der Waals surface area (Å²) in [4.78, 5) is 14.8. The molecule has 0 saturated carbocycles. The van der Waals surface area contributed by atoms with E-state index in [1.807, 2.05) is 66.4 Å². The number of ether oxygens (including phenoxy) is 1.